The van der Waals surface area contributed by atoms with E-state index in [9.17, 15) is 9.59 Å². The molecule has 2 amide bonds. The fourth-order valence-electron chi connectivity index (χ4n) is 4.44. The van der Waals surface area contributed by atoms with E-state index >= 15 is 0 Å². The Balaban J connectivity index is 1.40. The smallest absolute Gasteiger partial charge is 0.323 e. The van der Waals surface area contributed by atoms with Gasteiger partial charge in [-0.3, -0.25) is 9.48 Å². The van der Waals surface area contributed by atoms with Crippen molar-refractivity contribution in [2.24, 2.45) is 0 Å². The predicted octanol–water partition coefficient (Wildman–Crippen LogP) is 6.25. The van der Waals surface area contributed by atoms with Gasteiger partial charge in [0.1, 0.15) is 11.3 Å². The molecule has 0 aliphatic carbocycles. The molecular formula is C30H30N6O3. The Morgan fingerprint density at radius 1 is 0.949 bits per heavy atom. The lowest BCUT2D eigenvalue weighted by Crippen LogP contribution is -2.19. The summed E-state index contributed by atoms with van der Waals surface area (Å²) < 4.78 is 6.97. The molecule has 0 saturated heterocycles. The Hall–Kier alpha value is -4.92. The van der Waals surface area contributed by atoms with Crippen molar-refractivity contribution in [3.05, 3.63) is 84.8 Å². The molecule has 39 heavy (non-hydrogen) atoms. The number of ether oxygens (including phenoxy) is 1. The van der Waals surface area contributed by atoms with E-state index in [-0.39, 0.29) is 12.0 Å². The fourth-order valence-corrected chi connectivity index (χ4v) is 4.44. The van der Waals surface area contributed by atoms with Crippen molar-refractivity contribution >= 4 is 34.4 Å². The lowest BCUT2D eigenvalue weighted by molar-refractivity contribution is -0.143. The number of aromatic nitrogens is 4. The van der Waals surface area contributed by atoms with Gasteiger partial charge in [0.25, 0.3) is 0 Å². The minimum absolute atomic E-state index is 0.216. The number of nitrogens with zero attached hydrogens (tertiary/aromatic N) is 3. The van der Waals surface area contributed by atoms with Crippen LogP contribution in [-0.4, -0.2) is 38.4 Å². The maximum Gasteiger partial charge on any atom is 0.323 e. The van der Waals surface area contributed by atoms with Crippen LogP contribution in [0.15, 0.2) is 79.1 Å². The number of H-pyrrole nitrogens is 1. The number of aryl methyl sites for hydroxylation is 2. The third-order valence-corrected chi connectivity index (χ3v) is 6.32. The Kier molecular flexibility index (Phi) is 7.68. The van der Waals surface area contributed by atoms with Crippen LogP contribution in [0.3, 0.4) is 0 Å². The summed E-state index contributed by atoms with van der Waals surface area (Å²) in [5.41, 5.74) is 6.80. The molecule has 0 radical (unpaired) electrons. The first-order chi connectivity index (χ1) is 19.0. The lowest BCUT2D eigenvalue weighted by Gasteiger charge is -2.09. The number of rotatable bonds is 9. The van der Waals surface area contributed by atoms with Crippen LogP contribution in [0.1, 0.15) is 26.0 Å². The molecule has 5 aromatic rings. The number of fused-ring (bicyclic) bond motifs is 1. The zero-order valence-electron chi connectivity index (χ0n) is 21.9. The Labute approximate surface area is 226 Å². The number of para-hydroxylation sites is 1. The Morgan fingerprint density at radius 2 is 1.69 bits per heavy atom. The van der Waals surface area contributed by atoms with Crippen molar-refractivity contribution in [2.45, 2.75) is 33.2 Å². The SMILES string of the molecule is CCOC(=O)CCc1cc2c(-c3cn(CC)nc3-c3ccc(NC(=O)Nc4ccccc4)cc3)ccnc2[nH]1. The highest BCUT2D eigenvalue weighted by atomic mass is 16.5. The molecule has 0 bridgehead atoms. The van der Waals surface area contributed by atoms with Crippen LogP contribution in [0.25, 0.3) is 33.4 Å². The molecule has 0 saturated carbocycles. The number of carbonyl (C=O) groups excluding carboxylic acids is 2. The second-order valence-electron chi connectivity index (χ2n) is 8.99. The first-order valence-corrected chi connectivity index (χ1v) is 13.0. The summed E-state index contributed by atoms with van der Waals surface area (Å²) in [6.07, 6.45) is 4.66. The van der Waals surface area contributed by atoms with Gasteiger partial charge in [-0.25, -0.2) is 9.78 Å². The molecule has 0 atom stereocenters. The molecule has 2 aromatic carbocycles. The topological polar surface area (TPSA) is 114 Å². The summed E-state index contributed by atoms with van der Waals surface area (Å²) in [6, 6.07) is 20.6. The number of aromatic amines is 1. The van der Waals surface area contributed by atoms with Crippen molar-refractivity contribution in [2.75, 3.05) is 17.2 Å². The van der Waals surface area contributed by atoms with Crippen molar-refractivity contribution in [1.82, 2.24) is 19.7 Å². The number of hydrogen-bond acceptors (Lipinski definition) is 5. The second kappa shape index (κ2) is 11.6. The molecule has 3 heterocycles. The minimum atomic E-state index is -0.310. The molecule has 0 spiro atoms. The van der Waals surface area contributed by atoms with E-state index in [0.717, 1.165) is 51.3 Å². The highest BCUT2D eigenvalue weighted by Gasteiger charge is 2.17. The summed E-state index contributed by atoms with van der Waals surface area (Å²) in [5.74, 6) is -0.216. The predicted molar refractivity (Wildman–Crippen MR) is 152 cm³/mol. The fraction of sp³-hybridized carbons (Fsp3) is 0.200. The van der Waals surface area contributed by atoms with Gasteiger partial charge in [-0.2, -0.15) is 5.10 Å². The summed E-state index contributed by atoms with van der Waals surface area (Å²) in [6.45, 7) is 4.95. The average molecular weight is 523 g/mol. The summed E-state index contributed by atoms with van der Waals surface area (Å²) >= 11 is 0. The van der Waals surface area contributed by atoms with Crippen LogP contribution >= 0.6 is 0 Å². The largest absolute Gasteiger partial charge is 0.466 e. The maximum absolute atomic E-state index is 12.4. The van der Waals surface area contributed by atoms with E-state index in [1.807, 2.05) is 84.5 Å². The van der Waals surface area contributed by atoms with E-state index in [0.29, 0.717) is 25.1 Å². The number of amides is 2. The third kappa shape index (κ3) is 5.98. The van der Waals surface area contributed by atoms with E-state index < -0.39 is 0 Å². The maximum atomic E-state index is 12.4. The van der Waals surface area contributed by atoms with Crippen molar-refractivity contribution in [3.8, 4) is 22.4 Å². The average Bonchev–Trinajstić information content (AvgIpc) is 3.57. The first-order valence-electron chi connectivity index (χ1n) is 13.0. The summed E-state index contributed by atoms with van der Waals surface area (Å²) in [4.78, 5) is 32.1. The van der Waals surface area contributed by atoms with E-state index in [4.69, 9.17) is 9.84 Å². The number of esters is 1. The van der Waals surface area contributed by atoms with Gasteiger partial charge >= 0.3 is 12.0 Å². The van der Waals surface area contributed by atoms with Gasteiger partial charge in [-0.05, 0) is 62.2 Å². The third-order valence-electron chi connectivity index (χ3n) is 6.32. The molecule has 0 aliphatic rings. The number of nitrogens with one attached hydrogen (secondary N) is 3. The molecule has 5 rings (SSSR count). The molecule has 0 aliphatic heterocycles. The number of anilines is 2. The Bertz CT molecular complexity index is 1590. The number of pyridine rings is 1. The van der Waals surface area contributed by atoms with E-state index in [1.165, 1.54) is 0 Å². The molecule has 9 nitrogen and oxygen atoms in total. The molecular weight excluding hydrogens is 492 g/mol. The highest BCUT2D eigenvalue weighted by molar-refractivity contribution is 6.00. The van der Waals surface area contributed by atoms with Gasteiger partial charge < -0.3 is 20.4 Å². The number of urea groups is 1. The summed E-state index contributed by atoms with van der Waals surface area (Å²) in [7, 11) is 0. The zero-order valence-corrected chi connectivity index (χ0v) is 21.9. The van der Waals surface area contributed by atoms with Crippen molar-refractivity contribution in [3.63, 3.8) is 0 Å². The number of benzene rings is 2. The van der Waals surface area contributed by atoms with Crippen LogP contribution in [0.2, 0.25) is 0 Å². The summed E-state index contributed by atoms with van der Waals surface area (Å²) in [5, 5.41) is 11.5. The van der Waals surface area contributed by atoms with Gasteiger partial charge in [0.15, 0.2) is 0 Å². The molecule has 3 N–H and O–H groups in total. The van der Waals surface area contributed by atoms with Crippen LogP contribution in [-0.2, 0) is 22.5 Å². The quantitative estimate of drug-likeness (QED) is 0.198. The molecule has 0 fully saturated rings. The monoisotopic (exact) mass is 522 g/mol. The van der Waals surface area contributed by atoms with Crippen LogP contribution in [0.5, 0.6) is 0 Å². The number of carbonyl (C=O) groups is 2. The molecule has 198 valence electrons. The van der Waals surface area contributed by atoms with E-state index in [2.05, 4.69) is 20.6 Å². The lowest BCUT2D eigenvalue weighted by atomic mass is 10.00. The van der Waals surface area contributed by atoms with Gasteiger partial charge in [-0.1, -0.05) is 30.3 Å². The van der Waals surface area contributed by atoms with Crippen LogP contribution < -0.4 is 10.6 Å². The van der Waals surface area contributed by atoms with E-state index in [1.54, 1.807) is 13.1 Å². The van der Waals surface area contributed by atoms with Gasteiger partial charge in [0, 0.05) is 52.5 Å². The van der Waals surface area contributed by atoms with Crippen molar-refractivity contribution < 1.29 is 14.3 Å². The molecule has 9 heteroatoms. The van der Waals surface area contributed by atoms with Gasteiger partial charge in [0.2, 0.25) is 0 Å². The Morgan fingerprint density at radius 3 is 2.41 bits per heavy atom. The normalized spacial score (nSPS) is 10.9. The second-order valence-corrected chi connectivity index (χ2v) is 8.99. The van der Waals surface area contributed by atoms with Crippen LogP contribution in [0, 0.1) is 0 Å². The van der Waals surface area contributed by atoms with Crippen molar-refractivity contribution in [1.29, 1.82) is 0 Å². The van der Waals surface area contributed by atoms with Crippen LogP contribution in [0.4, 0.5) is 16.2 Å². The number of hydrogen-bond donors (Lipinski definition) is 3. The minimum Gasteiger partial charge on any atom is -0.466 e. The molecule has 0 unspecified atom stereocenters. The standard InChI is InChI=1S/C30H30N6O3/c1-3-36-19-26(24-16-17-31-29-25(24)18-23(32-29)14-15-27(37)39-4-2)28(35-36)20-10-12-22(13-11-20)34-30(38)33-21-8-6-5-7-9-21/h5-13,16-19H,3-4,14-15H2,1-2H3,(H,31,32)(H2,33,34,38). The zero-order chi connectivity index (χ0) is 27.2. The molecule has 3 aromatic heterocycles. The van der Waals surface area contributed by atoms with Gasteiger partial charge in [-0.15, -0.1) is 0 Å². The highest BCUT2D eigenvalue weighted by Crippen LogP contribution is 2.36. The first kappa shape index (κ1) is 25.7. The van der Waals surface area contributed by atoms with Gasteiger partial charge in [0.05, 0.1) is 13.0 Å².